The second-order valence-corrected chi connectivity index (χ2v) is 27.4. The van der Waals surface area contributed by atoms with Gasteiger partial charge in [-0.1, -0.05) is 255 Å². The van der Waals surface area contributed by atoms with Gasteiger partial charge >= 0.3 is 110 Å². The van der Waals surface area contributed by atoms with Crippen molar-refractivity contribution in [2.24, 2.45) is 0 Å². The zero-order valence-corrected chi connectivity index (χ0v) is 65.0. The first-order valence-electron chi connectivity index (χ1n) is 32.5. The zero-order valence-electron chi connectivity index (χ0n) is 57.4. The molecule has 19 rings (SSSR count). The van der Waals surface area contributed by atoms with Gasteiger partial charge in [-0.3, -0.25) is 9.78 Å². The van der Waals surface area contributed by atoms with E-state index in [9.17, 15) is 0 Å². The van der Waals surface area contributed by atoms with Crippen molar-refractivity contribution in [1.29, 1.82) is 0 Å². The van der Waals surface area contributed by atoms with Crippen molar-refractivity contribution in [1.82, 2.24) is 39.9 Å². The van der Waals surface area contributed by atoms with E-state index in [2.05, 4.69) is 193 Å². The molecule has 1 fully saturated rings. The monoisotopic (exact) mass is 1430 g/mol. The first kappa shape index (κ1) is 71.0. The Morgan fingerprint density at radius 1 is 0.373 bits per heavy atom. The van der Waals surface area contributed by atoms with Crippen LogP contribution in [-0.4, -0.2) is 64.7 Å². The van der Waals surface area contributed by atoms with Crippen LogP contribution < -0.4 is 114 Å². The van der Waals surface area contributed by atoms with E-state index < -0.39 is 18.3 Å². The summed E-state index contributed by atoms with van der Waals surface area (Å²) < 4.78 is 18.1. The molecule has 18 aromatic rings. The van der Waals surface area contributed by atoms with E-state index in [4.69, 9.17) is 55.9 Å². The molecule has 13 nitrogen and oxygen atoms in total. The van der Waals surface area contributed by atoms with Gasteiger partial charge in [-0.15, -0.1) is 22.7 Å². The van der Waals surface area contributed by atoms with Gasteiger partial charge in [0.1, 0.15) is 5.69 Å². The SMILES string of the molecule is CC1(C)OB(c2nc3c4ccccc4c4sc5ccccc5c4c3c3ccccc23)OC1(C)C.Clc1nc(-c2ccccc2)nc(-c2ccccc2)n1.O=CO[O-].[H-].[K+].[K+].c1ccc(-c2nc(-c3ccccc3)nc(-c3nc4c5ccccc5c5sc6ccccc6c5c4c4ccccc34)n2)cc1. The molecule has 484 valence electrons. The van der Waals surface area contributed by atoms with Crippen LogP contribution in [0, 0.1) is 0 Å². The van der Waals surface area contributed by atoms with Crippen molar-refractivity contribution in [2.45, 2.75) is 38.9 Å². The van der Waals surface area contributed by atoms with Crippen LogP contribution in [0.2, 0.25) is 5.28 Å². The molecule has 0 radical (unpaired) electrons. The smallest absolute Gasteiger partial charge is 1.00 e. The Hall–Kier alpha value is -8.06. The Kier molecular flexibility index (Phi) is 21.1. The summed E-state index contributed by atoms with van der Waals surface area (Å²) >= 11 is 9.71. The summed E-state index contributed by atoms with van der Waals surface area (Å²) in [5, 5.41) is 25.3. The summed E-state index contributed by atoms with van der Waals surface area (Å²) in [6, 6.07) is 91.3. The van der Waals surface area contributed by atoms with E-state index in [-0.39, 0.29) is 116 Å². The molecule has 0 aliphatic carbocycles. The normalized spacial score (nSPS) is 12.9. The van der Waals surface area contributed by atoms with Gasteiger partial charge in [-0.05, 0) is 62.2 Å². The molecule has 0 saturated carbocycles. The first-order chi connectivity index (χ1) is 48.9. The van der Waals surface area contributed by atoms with E-state index in [1.54, 1.807) is 0 Å². The van der Waals surface area contributed by atoms with Crippen LogP contribution in [0.4, 0.5) is 0 Å². The number of thiophene rings is 2. The number of carbonyl (C=O) groups is 1. The van der Waals surface area contributed by atoms with Crippen LogP contribution in [0.3, 0.4) is 0 Å². The molecule has 0 bridgehead atoms. The van der Waals surface area contributed by atoms with Crippen LogP contribution in [0.25, 0.3) is 162 Å². The van der Waals surface area contributed by atoms with E-state index in [1.807, 2.05) is 144 Å². The maximum absolute atomic E-state index is 8.64. The van der Waals surface area contributed by atoms with Gasteiger partial charge in [0, 0.05) is 106 Å². The number of nitrogens with zero attached hydrogens (tertiary/aromatic N) is 8. The minimum Gasteiger partial charge on any atom is -1.00 e. The molecule has 0 atom stereocenters. The van der Waals surface area contributed by atoms with Crippen LogP contribution in [0.15, 0.2) is 267 Å². The van der Waals surface area contributed by atoms with Crippen molar-refractivity contribution in [3.05, 3.63) is 272 Å². The number of pyridine rings is 2. The fraction of sp³-hybridized carbons (Fsp3) is 0.0723. The summed E-state index contributed by atoms with van der Waals surface area (Å²) in [4.78, 5) is 49.9. The predicted molar refractivity (Wildman–Crippen MR) is 409 cm³/mol. The van der Waals surface area contributed by atoms with E-state index >= 15 is 0 Å². The molecule has 102 heavy (non-hydrogen) atoms. The van der Waals surface area contributed by atoms with Crippen LogP contribution in [-0.2, 0) is 19.0 Å². The number of aromatic nitrogens is 8. The Labute approximate surface area is 686 Å². The zero-order chi connectivity index (χ0) is 68.1. The third-order valence-corrected chi connectivity index (χ3v) is 21.1. The molecule has 1 aliphatic heterocycles. The maximum Gasteiger partial charge on any atom is 1.00 e. The van der Waals surface area contributed by atoms with Crippen molar-refractivity contribution >= 4 is 159 Å². The molecule has 0 spiro atoms. The molecule has 6 aromatic heterocycles. The molecule has 1 aliphatic rings. The topological polar surface area (TPSA) is 171 Å². The standard InChI is InChI=1S/C38H22N4S.C29H24BNO2S.C15H10ClN3.CH2O3.2K.H/c1-3-13-23(14-4-1)36-40-37(24-15-5-2-6-16-24)42-38(41-36)34-26-18-8-7-17-25(26)31-32-29-21-11-12-22-30(29)43-35(32)28-20-10-9-19-27(28)33(31)39-34;1-28(2)29(3,4)33-30(32-28)27-20-14-8-5-11-17(20)23-24-21-15-9-10-16-22(21)34-26(24)19-13-7-6-12-18(19)25(23)31-27;16-15-18-13(11-7-3-1-4-8-11)17-14(19-15)12-9-5-2-6-10-12;2-1-4-3;;;/h1-22H;5-16H,1-4H3;1-10H;1,3H;;;/q;;;;2*+1;-1/p-1. The van der Waals surface area contributed by atoms with E-state index in [0.29, 0.717) is 29.1 Å². The number of hydrogen-bond donors (Lipinski definition) is 0. The quantitative estimate of drug-likeness (QED) is 0.0486. The third-order valence-electron chi connectivity index (χ3n) is 18.5. The molecule has 0 unspecified atom stereocenters. The van der Waals surface area contributed by atoms with Crippen molar-refractivity contribution in [3.8, 4) is 57.1 Å². The van der Waals surface area contributed by atoms with Crippen LogP contribution >= 0.6 is 34.3 Å². The first-order valence-corrected chi connectivity index (χ1v) is 34.5. The Balaban J connectivity index is 0.000000140. The van der Waals surface area contributed by atoms with Gasteiger partial charge < -0.3 is 20.9 Å². The number of halogens is 1. The number of rotatable bonds is 7. The second-order valence-electron chi connectivity index (χ2n) is 25.0. The summed E-state index contributed by atoms with van der Waals surface area (Å²) in [7, 11) is -0.520. The molecular weight excluding hydrogens is 1380 g/mol. The molecule has 1 saturated heterocycles. The second kappa shape index (κ2) is 30.3. The van der Waals surface area contributed by atoms with Gasteiger partial charge in [0.2, 0.25) is 5.28 Å². The fourth-order valence-corrected chi connectivity index (χ4v) is 15.8. The van der Waals surface area contributed by atoms with Crippen molar-refractivity contribution in [2.75, 3.05) is 0 Å². The van der Waals surface area contributed by atoms with Gasteiger partial charge in [0.05, 0.1) is 27.8 Å². The van der Waals surface area contributed by atoms with Crippen molar-refractivity contribution in [3.63, 3.8) is 0 Å². The Bertz CT molecular complexity index is 6060. The van der Waals surface area contributed by atoms with Crippen LogP contribution in [0.1, 0.15) is 29.1 Å². The molecule has 0 amide bonds. The fourth-order valence-electron chi connectivity index (χ4n) is 13.2. The van der Waals surface area contributed by atoms with Gasteiger partial charge in [0.15, 0.2) is 29.1 Å². The average molecular weight is 1440 g/mol. The van der Waals surface area contributed by atoms with Crippen LogP contribution in [0.5, 0.6) is 0 Å². The summed E-state index contributed by atoms with van der Waals surface area (Å²) in [6.07, 6.45) is 0. The molecule has 0 N–H and O–H groups in total. The third kappa shape index (κ3) is 13.4. The number of benzene rings is 12. The summed E-state index contributed by atoms with van der Waals surface area (Å²) in [6.45, 7) is 8.18. The molecular formula is C83H58BClK2N8O5S2. The average Bonchev–Trinajstić information content (AvgIpc) is 1.62. The molecule has 19 heteroatoms. The predicted octanol–water partition coefficient (Wildman–Crippen LogP) is 13.7. The number of hydrogen-bond acceptors (Lipinski definition) is 15. The van der Waals surface area contributed by atoms with Crippen molar-refractivity contribution < 1.29 is 128 Å². The number of carbonyl (C=O) groups excluding carboxylic acids is 1. The molecule has 7 heterocycles. The summed E-state index contributed by atoms with van der Waals surface area (Å²) in [5.74, 6) is 2.98. The van der Waals surface area contributed by atoms with E-state index in [0.717, 1.165) is 66.1 Å². The van der Waals surface area contributed by atoms with Gasteiger partial charge in [-0.25, -0.2) is 24.9 Å². The summed E-state index contributed by atoms with van der Waals surface area (Å²) in [5.41, 5.74) is 6.44. The largest absolute Gasteiger partial charge is 1.00 e. The Morgan fingerprint density at radius 3 is 1.08 bits per heavy atom. The minimum absolute atomic E-state index is 0. The van der Waals surface area contributed by atoms with E-state index in [1.165, 1.54) is 72.7 Å². The molecule has 12 aromatic carbocycles. The Morgan fingerprint density at radius 2 is 0.676 bits per heavy atom. The number of fused-ring (bicyclic) bond motifs is 20. The van der Waals surface area contributed by atoms with Gasteiger partial charge in [0.25, 0.3) is 6.47 Å². The maximum atomic E-state index is 8.64. The minimum atomic E-state index is -0.520. The van der Waals surface area contributed by atoms with Gasteiger partial charge in [-0.2, -0.15) is 9.97 Å².